The molecule has 0 aliphatic carbocycles. The third kappa shape index (κ3) is 4.66. The molecule has 1 aromatic rings. The molecule has 20 heavy (non-hydrogen) atoms. The van der Waals surface area contributed by atoms with Gasteiger partial charge in [-0.25, -0.2) is 4.79 Å². The predicted molar refractivity (Wildman–Crippen MR) is 77.2 cm³/mol. The van der Waals surface area contributed by atoms with Crippen molar-refractivity contribution in [3.05, 3.63) is 28.8 Å². The summed E-state index contributed by atoms with van der Waals surface area (Å²) < 4.78 is 5.16. The standard InChI is InChI=1S/C15H21NO4/c1-4-20-7-5-6-14(17)16-12-8-10(2)11(3)13(9-12)15(18)19/h8-9H,4-7H2,1-3H3,(H,16,17)(H,18,19). The molecule has 0 aliphatic heterocycles. The minimum absolute atomic E-state index is 0.135. The van der Waals surface area contributed by atoms with Gasteiger partial charge in [0.2, 0.25) is 5.91 Å². The van der Waals surface area contributed by atoms with E-state index in [0.29, 0.717) is 37.3 Å². The first-order chi connectivity index (χ1) is 9.45. The van der Waals surface area contributed by atoms with Gasteiger partial charge in [0.25, 0.3) is 0 Å². The van der Waals surface area contributed by atoms with E-state index in [2.05, 4.69) is 5.32 Å². The van der Waals surface area contributed by atoms with Crippen LogP contribution in [0.2, 0.25) is 0 Å². The third-order valence-electron chi connectivity index (χ3n) is 3.08. The first-order valence-corrected chi connectivity index (χ1v) is 6.67. The van der Waals surface area contributed by atoms with Gasteiger partial charge in [0, 0.05) is 25.3 Å². The van der Waals surface area contributed by atoms with Crippen LogP contribution in [0, 0.1) is 13.8 Å². The first-order valence-electron chi connectivity index (χ1n) is 6.67. The van der Waals surface area contributed by atoms with Crippen LogP contribution >= 0.6 is 0 Å². The lowest BCUT2D eigenvalue weighted by molar-refractivity contribution is -0.116. The second kappa shape index (κ2) is 7.65. The SMILES string of the molecule is CCOCCCC(=O)Nc1cc(C)c(C)c(C(=O)O)c1. The van der Waals surface area contributed by atoms with E-state index in [1.165, 1.54) is 6.07 Å². The molecule has 5 heteroatoms. The molecule has 1 aromatic carbocycles. The topological polar surface area (TPSA) is 75.6 Å². The van der Waals surface area contributed by atoms with Crippen LogP contribution in [0.1, 0.15) is 41.3 Å². The maximum Gasteiger partial charge on any atom is 0.336 e. The van der Waals surface area contributed by atoms with E-state index in [0.717, 1.165) is 5.56 Å². The van der Waals surface area contributed by atoms with E-state index in [-0.39, 0.29) is 11.5 Å². The van der Waals surface area contributed by atoms with Gasteiger partial charge in [-0.2, -0.15) is 0 Å². The molecule has 0 unspecified atom stereocenters. The average molecular weight is 279 g/mol. The lowest BCUT2D eigenvalue weighted by Gasteiger charge is -2.10. The van der Waals surface area contributed by atoms with Crippen LogP contribution in [0.25, 0.3) is 0 Å². The van der Waals surface area contributed by atoms with Crippen LogP contribution < -0.4 is 5.32 Å². The van der Waals surface area contributed by atoms with Crippen LogP contribution in [0.3, 0.4) is 0 Å². The summed E-state index contributed by atoms with van der Waals surface area (Å²) in [6.07, 6.45) is 1.01. The van der Waals surface area contributed by atoms with Crippen LogP contribution in [-0.2, 0) is 9.53 Å². The van der Waals surface area contributed by atoms with Crippen LogP contribution in [-0.4, -0.2) is 30.2 Å². The van der Waals surface area contributed by atoms with Crippen LogP contribution in [0.5, 0.6) is 0 Å². The minimum atomic E-state index is -0.988. The highest BCUT2D eigenvalue weighted by molar-refractivity contribution is 5.95. The van der Waals surface area contributed by atoms with Crippen molar-refractivity contribution < 1.29 is 19.4 Å². The Bertz CT molecular complexity index is 497. The zero-order chi connectivity index (χ0) is 15.1. The number of carboxylic acids is 1. The molecule has 0 saturated heterocycles. The maximum absolute atomic E-state index is 11.7. The van der Waals surface area contributed by atoms with E-state index < -0.39 is 5.97 Å². The van der Waals surface area contributed by atoms with E-state index in [1.807, 2.05) is 13.8 Å². The minimum Gasteiger partial charge on any atom is -0.478 e. The molecule has 0 atom stereocenters. The molecule has 0 saturated carbocycles. The second-order valence-electron chi connectivity index (χ2n) is 4.62. The van der Waals surface area contributed by atoms with E-state index in [1.54, 1.807) is 13.0 Å². The Morgan fingerprint density at radius 1 is 1.30 bits per heavy atom. The molecule has 0 aliphatic rings. The van der Waals surface area contributed by atoms with Crippen molar-refractivity contribution in [3.63, 3.8) is 0 Å². The van der Waals surface area contributed by atoms with Gasteiger partial charge in [-0.05, 0) is 50.5 Å². The van der Waals surface area contributed by atoms with Crippen molar-refractivity contribution in [1.29, 1.82) is 0 Å². The van der Waals surface area contributed by atoms with Gasteiger partial charge in [0.1, 0.15) is 0 Å². The molecule has 0 spiro atoms. The summed E-state index contributed by atoms with van der Waals surface area (Å²) >= 11 is 0. The number of hydrogen-bond donors (Lipinski definition) is 2. The van der Waals surface area contributed by atoms with Gasteiger partial charge in [0.15, 0.2) is 0 Å². The summed E-state index contributed by atoms with van der Waals surface area (Å²) in [5.41, 5.74) is 2.29. The lowest BCUT2D eigenvalue weighted by Crippen LogP contribution is -2.13. The molecule has 0 radical (unpaired) electrons. The third-order valence-corrected chi connectivity index (χ3v) is 3.08. The average Bonchev–Trinajstić information content (AvgIpc) is 2.38. The van der Waals surface area contributed by atoms with Crippen LogP contribution in [0.4, 0.5) is 5.69 Å². The predicted octanol–water partition coefficient (Wildman–Crippen LogP) is 2.76. The number of carbonyl (C=O) groups excluding carboxylic acids is 1. The fraction of sp³-hybridized carbons (Fsp3) is 0.467. The molecule has 1 rings (SSSR count). The van der Waals surface area contributed by atoms with Crippen molar-refractivity contribution in [2.75, 3.05) is 18.5 Å². The first kappa shape index (κ1) is 16.2. The number of aryl methyl sites for hydroxylation is 1. The van der Waals surface area contributed by atoms with Crippen molar-refractivity contribution in [2.24, 2.45) is 0 Å². The molecule has 0 bridgehead atoms. The number of benzene rings is 1. The highest BCUT2D eigenvalue weighted by Gasteiger charge is 2.12. The van der Waals surface area contributed by atoms with Crippen molar-refractivity contribution >= 4 is 17.6 Å². The zero-order valence-corrected chi connectivity index (χ0v) is 12.2. The second-order valence-corrected chi connectivity index (χ2v) is 4.62. The summed E-state index contributed by atoms with van der Waals surface area (Å²) in [5, 5.41) is 11.8. The van der Waals surface area contributed by atoms with Gasteiger partial charge < -0.3 is 15.2 Å². The van der Waals surface area contributed by atoms with Crippen molar-refractivity contribution in [1.82, 2.24) is 0 Å². The summed E-state index contributed by atoms with van der Waals surface area (Å²) in [4.78, 5) is 22.9. The number of rotatable bonds is 7. The number of hydrogen-bond acceptors (Lipinski definition) is 3. The Balaban J connectivity index is 2.68. The molecule has 0 fully saturated rings. The number of carboxylic acid groups (broad SMARTS) is 1. The smallest absolute Gasteiger partial charge is 0.336 e. The van der Waals surface area contributed by atoms with Crippen molar-refractivity contribution in [3.8, 4) is 0 Å². The Labute approximate surface area is 118 Å². The van der Waals surface area contributed by atoms with Gasteiger partial charge in [-0.15, -0.1) is 0 Å². The molecule has 110 valence electrons. The summed E-state index contributed by atoms with van der Waals surface area (Å²) in [6.45, 7) is 6.68. The highest BCUT2D eigenvalue weighted by atomic mass is 16.5. The Morgan fingerprint density at radius 3 is 2.60 bits per heavy atom. The summed E-state index contributed by atoms with van der Waals surface area (Å²) in [6, 6.07) is 3.27. The Kier molecular flexibility index (Phi) is 6.18. The number of nitrogens with one attached hydrogen (secondary N) is 1. The molecular weight excluding hydrogens is 258 g/mol. The number of anilines is 1. The Hall–Kier alpha value is -1.88. The number of aromatic carboxylic acids is 1. The quantitative estimate of drug-likeness (QED) is 0.752. The number of ether oxygens (including phenoxy) is 1. The number of carbonyl (C=O) groups is 2. The highest BCUT2D eigenvalue weighted by Crippen LogP contribution is 2.20. The van der Waals surface area contributed by atoms with Gasteiger partial charge in [0.05, 0.1) is 5.56 Å². The molecule has 5 nitrogen and oxygen atoms in total. The van der Waals surface area contributed by atoms with Crippen molar-refractivity contribution in [2.45, 2.75) is 33.6 Å². The fourth-order valence-corrected chi connectivity index (χ4v) is 1.86. The lowest BCUT2D eigenvalue weighted by atomic mass is 10.0. The largest absolute Gasteiger partial charge is 0.478 e. The normalized spacial score (nSPS) is 10.3. The molecule has 2 N–H and O–H groups in total. The monoisotopic (exact) mass is 279 g/mol. The summed E-state index contributed by atoms with van der Waals surface area (Å²) in [7, 11) is 0. The van der Waals surface area contributed by atoms with E-state index in [9.17, 15) is 9.59 Å². The number of amides is 1. The zero-order valence-electron chi connectivity index (χ0n) is 12.2. The van der Waals surface area contributed by atoms with Gasteiger partial charge in [-0.1, -0.05) is 0 Å². The molecule has 1 amide bonds. The van der Waals surface area contributed by atoms with E-state index >= 15 is 0 Å². The molecular formula is C15H21NO4. The van der Waals surface area contributed by atoms with Crippen LogP contribution in [0.15, 0.2) is 12.1 Å². The summed E-state index contributed by atoms with van der Waals surface area (Å²) in [5.74, 6) is -1.12. The maximum atomic E-state index is 11.7. The molecule has 0 aromatic heterocycles. The molecule has 0 heterocycles. The Morgan fingerprint density at radius 2 is 2.00 bits per heavy atom. The van der Waals surface area contributed by atoms with E-state index in [4.69, 9.17) is 9.84 Å². The fourth-order valence-electron chi connectivity index (χ4n) is 1.86. The van der Waals surface area contributed by atoms with Gasteiger partial charge >= 0.3 is 5.97 Å². The van der Waals surface area contributed by atoms with Gasteiger partial charge in [-0.3, -0.25) is 4.79 Å².